The summed E-state index contributed by atoms with van der Waals surface area (Å²) in [6.45, 7) is 5.24. The minimum atomic E-state index is -3.71. The van der Waals surface area contributed by atoms with Crippen LogP contribution in [0.1, 0.15) is 33.1 Å². The molecule has 118 valence electrons. The van der Waals surface area contributed by atoms with Crippen LogP contribution in [-0.4, -0.2) is 42.9 Å². The molecule has 5 nitrogen and oxygen atoms in total. The van der Waals surface area contributed by atoms with E-state index in [0.29, 0.717) is 6.54 Å². The van der Waals surface area contributed by atoms with Gasteiger partial charge in [0.05, 0.1) is 6.20 Å². The lowest BCUT2D eigenvalue weighted by Gasteiger charge is -2.38. The van der Waals surface area contributed by atoms with E-state index in [1.807, 2.05) is 13.8 Å². The number of hydrogen-bond acceptors (Lipinski definition) is 4. The highest BCUT2D eigenvalue weighted by Crippen LogP contribution is 2.27. The number of hydrogen-bond donors (Lipinski definition) is 1. The zero-order valence-corrected chi connectivity index (χ0v) is 13.2. The Balaban J connectivity index is 2.31. The maximum atomic E-state index is 13.3. The number of nitrogens with zero attached hydrogens (tertiary/aromatic N) is 2. The summed E-state index contributed by atoms with van der Waals surface area (Å²) < 4.78 is 40.3. The van der Waals surface area contributed by atoms with Gasteiger partial charge < -0.3 is 5.32 Å². The van der Waals surface area contributed by atoms with Crippen molar-refractivity contribution in [2.75, 3.05) is 13.1 Å². The molecule has 1 aromatic heterocycles. The predicted octanol–water partition coefficient (Wildman–Crippen LogP) is 1.76. The van der Waals surface area contributed by atoms with E-state index in [0.717, 1.165) is 38.1 Å². The normalized spacial score (nSPS) is 22.1. The van der Waals surface area contributed by atoms with E-state index >= 15 is 0 Å². The first kappa shape index (κ1) is 16.3. The first-order chi connectivity index (χ1) is 9.96. The highest BCUT2D eigenvalue weighted by molar-refractivity contribution is 7.89. The summed E-state index contributed by atoms with van der Waals surface area (Å²) >= 11 is 0. The fourth-order valence-electron chi connectivity index (χ4n) is 2.86. The van der Waals surface area contributed by atoms with Crippen molar-refractivity contribution in [2.45, 2.75) is 50.1 Å². The molecule has 0 aliphatic carbocycles. The zero-order valence-electron chi connectivity index (χ0n) is 12.4. The molecule has 1 N–H and O–H groups in total. The maximum Gasteiger partial charge on any atom is 0.245 e. The Hall–Kier alpha value is -1.05. The molecule has 2 unspecified atom stereocenters. The number of pyridine rings is 1. The van der Waals surface area contributed by atoms with E-state index in [-0.39, 0.29) is 17.0 Å². The summed E-state index contributed by atoms with van der Waals surface area (Å²) in [7, 11) is -3.71. The number of nitrogens with one attached hydrogen (secondary N) is 1. The van der Waals surface area contributed by atoms with E-state index in [9.17, 15) is 12.8 Å². The first-order valence-corrected chi connectivity index (χ1v) is 8.76. The Morgan fingerprint density at radius 2 is 2.24 bits per heavy atom. The summed E-state index contributed by atoms with van der Waals surface area (Å²) in [5.74, 6) is -0.635. The molecule has 0 bridgehead atoms. The number of rotatable bonds is 5. The number of aromatic nitrogens is 1. The Morgan fingerprint density at radius 3 is 2.90 bits per heavy atom. The lowest BCUT2D eigenvalue weighted by molar-refractivity contribution is 0.210. The molecule has 7 heteroatoms. The molecule has 1 saturated heterocycles. The molecule has 2 heterocycles. The minimum absolute atomic E-state index is 0.0617. The third-order valence-corrected chi connectivity index (χ3v) is 5.78. The maximum absolute atomic E-state index is 13.3. The van der Waals surface area contributed by atoms with Crippen molar-refractivity contribution in [1.82, 2.24) is 14.6 Å². The average Bonchev–Trinajstić information content (AvgIpc) is 2.47. The SMILES string of the molecule is CCNC(C)C1CCCCN1S(=O)(=O)c1cncc(F)c1. The molecule has 2 rings (SSSR count). The molecule has 2 atom stereocenters. The first-order valence-electron chi connectivity index (χ1n) is 7.32. The molecular formula is C14H22FN3O2S. The minimum Gasteiger partial charge on any atom is -0.313 e. The smallest absolute Gasteiger partial charge is 0.245 e. The van der Waals surface area contributed by atoms with Gasteiger partial charge in [-0.2, -0.15) is 4.31 Å². The van der Waals surface area contributed by atoms with Gasteiger partial charge in [0, 0.05) is 24.8 Å². The van der Waals surface area contributed by atoms with Crippen molar-refractivity contribution < 1.29 is 12.8 Å². The highest BCUT2D eigenvalue weighted by Gasteiger charge is 2.36. The molecule has 0 spiro atoms. The van der Waals surface area contributed by atoms with Gasteiger partial charge in [0.15, 0.2) is 0 Å². The predicted molar refractivity (Wildman–Crippen MR) is 78.9 cm³/mol. The third-order valence-electron chi connectivity index (χ3n) is 3.89. The summed E-state index contributed by atoms with van der Waals surface area (Å²) in [6.07, 6.45) is 4.87. The quantitative estimate of drug-likeness (QED) is 0.899. The van der Waals surface area contributed by atoms with Crippen LogP contribution >= 0.6 is 0 Å². The average molecular weight is 315 g/mol. The second-order valence-electron chi connectivity index (χ2n) is 5.36. The molecule has 1 aliphatic rings. The highest BCUT2D eigenvalue weighted by atomic mass is 32.2. The molecule has 21 heavy (non-hydrogen) atoms. The Kier molecular flexibility index (Phi) is 5.29. The number of sulfonamides is 1. The second kappa shape index (κ2) is 6.81. The van der Waals surface area contributed by atoms with Gasteiger partial charge in [0.25, 0.3) is 0 Å². The van der Waals surface area contributed by atoms with Gasteiger partial charge in [-0.15, -0.1) is 0 Å². The van der Waals surface area contributed by atoms with Gasteiger partial charge >= 0.3 is 0 Å². The number of likely N-dealkylation sites (N-methyl/N-ethyl adjacent to an activating group) is 1. The van der Waals surface area contributed by atoms with Crippen LogP contribution in [0.3, 0.4) is 0 Å². The van der Waals surface area contributed by atoms with Crippen molar-refractivity contribution in [3.8, 4) is 0 Å². The van der Waals surface area contributed by atoms with Gasteiger partial charge in [-0.3, -0.25) is 4.98 Å². The lowest BCUT2D eigenvalue weighted by atomic mass is 9.99. The van der Waals surface area contributed by atoms with Crippen molar-refractivity contribution >= 4 is 10.0 Å². The number of halogens is 1. The summed E-state index contributed by atoms with van der Waals surface area (Å²) in [5, 5.41) is 3.28. The van der Waals surface area contributed by atoms with Crippen LogP contribution in [-0.2, 0) is 10.0 Å². The Labute approximate surface area is 125 Å². The largest absolute Gasteiger partial charge is 0.313 e. The molecule has 0 saturated carbocycles. The molecule has 0 amide bonds. The van der Waals surface area contributed by atoms with Crippen LogP contribution < -0.4 is 5.32 Å². The van der Waals surface area contributed by atoms with Gasteiger partial charge in [-0.25, -0.2) is 12.8 Å². The number of piperidine rings is 1. The van der Waals surface area contributed by atoms with Crippen molar-refractivity contribution in [3.05, 3.63) is 24.3 Å². The fraction of sp³-hybridized carbons (Fsp3) is 0.643. The van der Waals surface area contributed by atoms with Crippen LogP contribution in [0, 0.1) is 5.82 Å². The molecule has 0 radical (unpaired) electrons. The van der Waals surface area contributed by atoms with E-state index in [1.54, 1.807) is 0 Å². The molecular weight excluding hydrogens is 293 g/mol. The van der Waals surface area contributed by atoms with E-state index < -0.39 is 15.8 Å². The van der Waals surface area contributed by atoms with Crippen molar-refractivity contribution in [2.24, 2.45) is 0 Å². The summed E-state index contributed by atoms with van der Waals surface area (Å²) in [4.78, 5) is 3.58. The van der Waals surface area contributed by atoms with Crippen LogP contribution in [0.15, 0.2) is 23.4 Å². The summed E-state index contributed by atoms with van der Waals surface area (Å²) in [5.41, 5.74) is 0. The summed E-state index contributed by atoms with van der Waals surface area (Å²) in [6, 6.07) is 0.991. The third kappa shape index (κ3) is 3.59. The second-order valence-corrected chi connectivity index (χ2v) is 7.25. The Morgan fingerprint density at radius 1 is 1.48 bits per heavy atom. The van der Waals surface area contributed by atoms with Gasteiger partial charge in [0.1, 0.15) is 10.7 Å². The van der Waals surface area contributed by atoms with Crippen LogP contribution in [0.2, 0.25) is 0 Å². The van der Waals surface area contributed by atoms with Crippen LogP contribution in [0.5, 0.6) is 0 Å². The van der Waals surface area contributed by atoms with Gasteiger partial charge in [-0.1, -0.05) is 13.3 Å². The molecule has 1 aromatic rings. The zero-order chi connectivity index (χ0) is 15.5. The fourth-order valence-corrected chi connectivity index (χ4v) is 4.60. The monoisotopic (exact) mass is 315 g/mol. The van der Waals surface area contributed by atoms with E-state index in [4.69, 9.17) is 0 Å². The molecule has 1 fully saturated rings. The van der Waals surface area contributed by atoms with Gasteiger partial charge in [-0.05, 0) is 32.4 Å². The lowest BCUT2D eigenvalue weighted by Crippen LogP contribution is -2.53. The van der Waals surface area contributed by atoms with Crippen molar-refractivity contribution in [3.63, 3.8) is 0 Å². The van der Waals surface area contributed by atoms with Crippen LogP contribution in [0.25, 0.3) is 0 Å². The molecule has 1 aliphatic heterocycles. The van der Waals surface area contributed by atoms with Gasteiger partial charge in [0.2, 0.25) is 10.0 Å². The Bertz CT molecular complexity index is 579. The topological polar surface area (TPSA) is 62.3 Å². The van der Waals surface area contributed by atoms with E-state index in [1.165, 1.54) is 10.5 Å². The van der Waals surface area contributed by atoms with E-state index in [2.05, 4.69) is 10.3 Å². The van der Waals surface area contributed by atoms with Crippen molar-refractivity contribution in [1.29, 1.82) is 0 Å². The standard InChI is InChI=1S/C14H22FN3O2S/c1-3-17-11(2)14-6-4-5-7-18(14)21(19,20)13-8-12(15)9-16-10-13/h8-11,14,17H,3-7H2,1-2H3. The molecule has 0 aromatic carbocycles. The van der Waals surface area contributed by atoms with Crippen LogP contribution in [0.4, 0.5) is 4.39 Å².